The highest BCUT2D eigenvalue weighted by Gasteiger charge is 2.48. The number of hydrogen-bond donors (Lipinski definition) is 2. The second-order valence-electron chi connectivity index (χ2n) is 8.31. The van der Waals surface area contributed by atoms with Crippen molar-refractivity contribution in [2.24, 2.45) is 0 Å². The maximum Gasteiger partial charge on any atom is 0.318 e. The van der Waals surface area contributed by atoms with Crippen LogP contribution in [0, 0.1) is 0 Å². The molecule has 2 aliphatic heterocycles. The predicted molar refractivity (Wildman–Crippen MR) is 102 cm³/mol. The van der Waals surface area contributed by atoms with Gasteiger partial charge in [-0.05, 0) is 50.7 Å². The number of likely N-dealkylation sites (tertiary alicyclic amines) is 1. The summed E-state index contributed by atoms with van der Waals surface area (Å²) in [5.41, 5.74) is -0.216. The van der Waals surface area contributed by atoms with Gasteiger partial charge in [0.15, 0.2) is 0 Å². The Kier molecular flexibility index (Phi) is 5.15. The SMILES string of the molecule is CCc1ccc(C2CCCCCN2C(=O)NC2CCC(=O)NC23CCC3)o1. The molecule has 148 valence electrons. The summed E-state index contributed by atoms with van der Waals surface area (Å²) in [5, 5.41) is 6.44. The second-order valence-corrected chi connectivity index (χ2v) is 8.31. The van der Waals surface area contributed by atoms with Gasteiger partial charge < -0.3 is 20.0 Å². The molecule has 3 fully saturated rings. The Morgan fingerprint density at radius 2 is 2.11 bits per heavy atom. The molecule has 3 amide bonds. The number of furan rings is 1. The molecule has 1 saturated carbocycles. The first-order valence-corrected chi connectivity index (χ1v) is 10.6. The molecule has 2 saturated heterocycles. The molecule has 6 heteroatoms. The van der Waals surface area contributed by atoms with Crippen molar-refractivity contribution in [2.75, 3.05) is 6.54 Å². The lowest BCUT2D eigenvalue weighted by Crippen LogP contribution is -2.69. The molecule has 0 aromatic carbocycles. The van der Waals surface area contributed by atoms with E-state index in [0.29, 0.717) is 6.42 Å². The molecule has 2 atom stereocenters. The van der Waals surface area contributed by atoms with E-state index in [2.05, 4.69) is 17.6 Å². The summed E-state index contributed by atoms with van der Waals surface area (Å²) in [6, 6.07) is 4.08. The summed E-state index contributed by atoms with van der Waals surface area (Å²) in [6.45, 7) is 2.83. The molecule has 3 heterocycles. The Morgan fingerprint density at radius 1 is 1.26 bits per heavy atom. The van der Waals surface area contributed by atoms with Crippen molar-refractivity contribution >= 4 is 11.9 Å². The maximum atomic E-state index is 13.2. The fraction of sp³-hybridized carbons (Fsp3) is 0.714. The lowest BCUT2D eigenvalue weighted by molar-refractivity contribution is -0.127. The van der Waals surface area contributed by atoms with Gasteiger partial charge >= 0.3 is 6.03 Å². The zero-order chi connectivity index (χ0) is 18.9. The molecular weight excluding hydrogens is 342 g/mol. The summed E-state index contributed by atoms with van der Waals surface area (Å²) in [5.74, 6) is 1.99. The molecule has 1 aromatic heterocycles. The Labute approximate surface area is 161 Å². The predicted octanol–water partition coefficient (Wildman–Crippen LogP) is 3.67. The van der Waals surface area contributed by atoms with Crippen LogP contribution in [-0.4, -0.2) is 35.0 Å². The maximum absolute atomic E-state index is 13.2. The minimum Gasteiger partial charge on any atom is -0.464 e. The number of hydrogen-bond acceptors (Lipinski definition) is 3. The Morgan fingerprint density at radius 3 is 2.81 bits per heavy atom. The van der Waals surface area contributed by atoms with Gasteiger partial charge in [-0.25, -0.2) is 4.79 Å². The lowest BCUT2D eigenvalue weighted by Gasteiger charge is -2.51. The average Bonchev–Trinajstić information content (AvgIpc) is 2.98. The molecule has 0 bridgehead atoms. The molecule has 1 spiro atoms. The quantitative estimate of drug-likeness (QED) is 0.849. The third-order valence-corrected chi connectivity index (χ3v) is 6.63. The van der Waals surface area contributed by atoms with Gasteiger partial charge in [0.05, 0.1) is 17.6 Å². The smallest absolute Gasteiger partial charge is 0.318 e. The van der Waals surface area contributed by atoms with Crippen LogP contribution >= 0.6 is 0 Å². The third-order valence-electron chi connectivity index (χ3n) is 6.63. The molecule has 3 aliphatic rings. The van der Waals surface area contributed by atoms with Gasteiger partial charge in [0.2, 0.25) is 5.91 Å². The molecule has 2 N–H and O–H groups in total. The Balaban J connectivity index is 1.50. The van der Waals surface area contributed by atoms with Crippen molar-refractivity contribution in [3.63, 3.8) is 0 Å². The van der Waals surface area contributed by atoms with Crippen LogP contribution in [-0.2, 0) is 11.2 Å². The number of nitrogens with one attached hydrogen (secondary N) is 2. The monoisotopic (exact) mass is 373 g/mol. The van der Waals surface area contributed by atoms with Crippen LogP contribution in [0.15, 0.2) is 16.5 Å². The normalized spacial score (nSPS) is 27.6. The zero-order valence-electron chi connectivity index (χ0n) is 16.3. The van der Waals surface area contributed by atoms with Crippen molar-refractivity contribution in [3.05, 3.63) is 23.7 Å². The van der Waals surface area contributed by atoms with E-state index in [0.717, 1.165) is 75.9 Å². The fourth-order valence-electron chi connectivity index (χ4n) is 4.86. The number of nitrogens with zero attached hydrogens (tertiary/aromatic N) is 1. The molecule has 27 heavy (non-hydrogen) atoms. The minimum absolute atomic E-state index is 0.00308. The summed E-state index contributed by atoms with van der Waals surface area (Å²) < 4.78 is 6.01. The van der Waals surface area contributed by atoms with Gasteiger partial charge in [0.1, 0.15) is 11.5 Å². The highest BCUT2D eigenvalue weighted by atomic mass is 16.3. The first kappa shape index (κ1) is 18.4. The van der Waals surface area contributed by atoms with Crippen molar-refractivity contribution in [1.82, 2.24) is 15.5 Å². The largest absolute Gasteiger partial charge is 0.464 e. The summed E-state index contributed by atoms with van der Waals surface area (Å²) in [7, 11) is 0. The number of piperidine rings is 1. The molecule has 1 aliphatic carbocycles. The van der Waals surface area contributed by atoms with E-state index in [1.807, 2.05) is 17.0 Å². The number of aryl methyl sites for hydroxylation is 1. The molecule has 4 rings (SSSR count). The first-order valence-electron chi connectivity index (χ1n) is 10.6. The molecular formula is C21H31N3O3. The van der Waals surface area contributed by atoms with E-state index in [9.17, 15) is 9.59 Å². The molecule has 2 unspecified atom stereocenters. The van der Waals surface area contributed by atoms with Gasteiger partial charge in [-0.1, -0.05) is 19.8 Å². The van der Waals surface area contributed by atoms with Crippen molar-refractivity contribution in [2.45, 2.75) is 88.8 Å². The van der Waals surface area contributed by atoms with Gasteiger partial charge in [0.25, 0.3) is 0 Å². The first-order chi connectivity index (χ1) is 13.1. The van der Waals surface area contributed by atoms with Gasteiger partial charge in [-0.2, -0.15) is 0 Å². The van der Waals surface area contributed by atoms with E-state index >= 15 is 0 Å². The second kappa shape index (κ2) is 7.56. The fourth-order valence-corrected chi connectivity index (χ4v) is 4.86. The molecule has 0 radical (unpaired) electrons. The number of urea groups is 1. The summed E-state index contributed by atoms with van der Waals surface area (Å²) in [4.78, 5) is 27.1. The van der Waals surface area contributed by atoms with Crippen LogP contribution in [0.4, 0.5) is 4.79 Å². The summed E-state index contributed by atoms with van der Waals surface area (Å²) in [6.07, 6.45) is 9.36. The highest BCUT2D eigenvalue weighted by molar-refractivity contribution is 5.80. The number of rotatable bonds is 3. The lowest BCUT2D eigenvalue weighted by atomic mass is 9.68. The number of carbonyl (C=O) groups is 2. The van der Waals surface area contributed by atoms with Crippen LogP contribution in [0.1, 0.15) is 82.3 Å². The van der Waals surface area contributed by atoms with Crippen molar-refractivity contribution in [1.29, 1.82) is 0 Å². The van der Waals surface area contributed by atoms with Gasteiger partial charge in [-0.15, -0.1) is 0 Å². The van der Waals surface area contributed by atoms with E-state index in [1.165, 1.54) is 0 Å². The van der Waals surface area contributed by atoms with Crippen LogP contribution in [0.5, 0.6) is 0 Å². The van der Waals surface area contributed by atoms with E-state index < -0.39 is 0 Å². The van der Waals surface area contributed by atoms with Crippen LogP contribution in [0.2, 0.25) is 0 Å². The van der Waals surface area contributed by atoms with Crippen LogP contribution < -0.4 is 10.6 Å². The summed E-state index contributed by atoms with van der Waals surface area (Å²) >= 11 is 0. The zero-order valence-corrected chi connectivity index (χ0v) is 16.3. The molecule has 6 nitrogen and oxygen atoms in total. The Hall–Kier alpha value is -1.98. The van der Waals surface area contributed by atoms with Crippen LogP contribution in [0.25, 0.3) is 0 Å². The van der Waals surface area contributed by atoms with Crippen molar-refractivity contribution < 1.29 is 14.0 Å². The Bertz CT molecular complexity index is 695. The topological polar surface area (TPSA) is 74.6 Å². The van der Waals surface area contributed by atoms with Crippen molar-refractivity contribution in [3.8, 4) is 0 Å². The van der Waals surface area contributed by atoms with E-state index in [4.69, 9.17) is 4.42 Å². The highest BCUT2D eigenvalue weighted by Crippen LogP contribution is 2.39. The minimum atomic E-state index is -0.216. The number of carbonyl (C=O) groups excluding carboxylic acids is 2. The molecule has 1 aromatic rings. The van der Waals surface area contributed by atoms with Gasteiger partial charge in [-0.3, -0.25) is 4.79 Å². The van der Waals surface area contributed by atoms with Crippen LogP contribution in [0.3, 0.4) is 0 Å². The third kappa shape index (κ3) is 3.58. The van der Waals surface area contributed by atoms with Gasteiger partial charge in [0, 0.05) is 19.4 Å². The average molecular weight is 373 g/mol. The van der Waals surface area contributed by atoms with E-state index in [1.54, 1.807) is 0 Å². The number of amides is 3. The van der Waals surface area contributed by atoms with E-state index in [-0.39, 0.29) is 29.6 Å². The standard InChI is InChI=1S/C21H31N3O3/c1-2-15-8-9-17(27-15)16-7-4-3-5-14-24(16)20(26)22-18-10-11-19(25)23-21(18)12-6-13-21/h8-9,16,18H,2-7,10-14H2,1H3,(H,22,26)(H,23,25).